The van der Waals surface area contributed by atoms with Gasteiger partial charge in [0.25, 0.3) is 5.56 Å². The summed E-state index contributed by atoms with van der Waals surface area (Å²) in [5, 5.41) is 15.6. The van der Waals surface area contributed by atoms with Gasteiger partial charge >= 0.3 is 0 Å². The van der Waals surface area contributed by atoms with Crippen LogP contribution in [0.1, 0.15) is 16.8 Å². The third-order valence-corrected chi connectivity index (χ3v) is 3.48. The van der Waals surface area contributed by atoms with E-state index >= 15 is 0 Å². The van der Waals surface area contributed by atoms with Gasteiger partial charge in [-0.3, -0.25) is 9.59 Å². The number of nitrogens with zero attached hydrogens (tertiary/aromatic N) is 3. The molecule has 0 unspecified atom stereocenters. The van der Waals surface area contributed by atoms with E-state index in [1.807, 2.05) is 0 Å². The lowest BCUT2D eigenvalue weighted by Crippen LogP contribution is -2.32. The van der Waals surface area contributed by atoms with Crippen molar-refractivity contribution in [2.75, 3.05) is 5.32 Å². The lowest BCUT2D eigenvalue weighted by Gasteiger charge is -2.10. The lowest BCUT2D eigenvalue weighted by atomic mass is 10.1. The van der Waals surface area contributed by atoms with Crippen molar-refractivity contribution in [3.8, 4) is 6.07 Å². The third kappa shape index (κ3) is 3.55. The molecule has 2 rings (SSSR count). The van der Waals surface area contributed by atoms with Crippen LogP contribution in [0.25, 0.3) is 0 Å². The molecule has 1 aromatic carbocycles. The molecule has 0 aliphatic rings. The van der Waals surface area contributed by atoms with Crippen molar-refractivity contribution in [1.82, 2.24) is 9.78 Å². The number of anilines is 1. The van der Waals surface area contributed by atoms with Gasteiger partial charge in [-0.25, -0.2) is 9.07 Å². The second-order valence-corrected chi connectivity index (χ2v) is 5.27. The Hall–Kier alpha value is -2.72. The molecule has 0 aliphatic carbocycles. The number of amides is 1. The maximum absolute atomic E-state index is 13.6. The van der Waals surface area contributed by atoms with E-state index < -0.39 is 23.8 Å². The third-order valence-electron chi connectivity index (χ3n) is 3.24. The molecule has 1 amide bonds. The fourth-order valence-corrected chi connectivity index (χ4v) is 2.10. The fourth-order valence-electron chi connectivity index (χ4n) is 1.93. The molecule has 23 heavy (non-hydrogen) atoms. The number of carbonyl (C=O) groups is 1. The van der Waals surface area contributed by atoms with Gasteiger partial charge in [-0.2, -0.15) is 10.4 Å². The molecular weight excluding hydrogens is 323 g/mol. The van der Waals surface area contributed by atoms with Crippen LogP contribution in [0.2, 0.25) is 5.02 Å². The van der Waals surface area contributed by atoms with Crippen LogP contribution in [0.5, 0.6) is 0 Å². The van der Waals surface area contributed by atoms with Crippen LogP contribution in [-0.4, -0.2) is 15.7 Å². The first-order valence-electron chi connectivity index (χ1n) is 6.56. The molecule has 0 bridgehead atoms. The van der Waals surface area contributed by atoms with Gasteiger partial charge in [-0.1, -0.05) is 11.6 Å². The van der Waals surface area contributed by atoms with Crippen LogP contribution in [0, 0.1) is 31.0 Å². The molecule has 0 spiro atoms. The maximum Gasteiger partial charge on any atom is 0.285 e. The van der Waals surface area contributed by atoms with E-state index in [9.17, 15) is 14.0 Å². The van der Waals surface area contributed by atoms with Crippen molar-refractivity contribution >= 4 is 23.2 Å². The number of nitriles is 1. The van der Waals surface area contributed by atoms with Crippen molar-refractivity contribution in [1.29, 1.82) is 5.26 Å². The Balaban J connectivity index is 2.28. The molecule has 1 N–H and O–H groups in total. The quantitative estimate of drug-likeness (QED) is 0.931. The number of hydrogen-bond donors (Lipinski definition) is 1. The van der Waals surface area contributed by atoms with Gasteiger partial charge in [0.1, 0.15) is 24.0 Å². The van der Waals surface area contributed by atoms with E-state index in [4.69, 9.17) is 16.9 Å². The predicted molar refractivity (Wildman–Crippen MR) is 82.7 cm³/mol. The van der Waals surface area contributed by atoms with Crippen LogP contribution in [0.4, 0.5) is 10.1 Å². The number of carbonyl (C=O) groups excluding carboxylic acids is 1. The number of rotatable bonds is 3. The zero-order chi connectivity index (χ0) is 17.1. The van der Waals surface area contributed by atoms with Crippen molar-refractivity contribution in [2.24, 2.45) is 0 Å². The molecular formula is C15H12ClFN4O2. The minimum Gasteiger partial charge on any atom is -0.322 e. The lowest BCUT2D eigenvalue weighted by molar-refractivity contribution is -0.117. The van der Waals surface area contributed by atoms with Crippen molar-refractivity contribution in [2.45, 2.75) is 20.4 Å². The first kappa shape index (κ1) is 16.6. The minimum absolute atomic E-state index is 0.0702. The molecule has 1 aromatic heterocycles. The van der Waals surface area contributed by atoms with Crippen molar-refractivity contribution in [3.63, 3.8) is 0 Å². The molecule has 0 aliphatic heterocycles. The maximum atomic E-state index is 13.6. The normalized spacial score (nSPS) is 10.2. The molecule has 6 nitrogen and oxygen atoms in total. The molecule has 0 saturated heterocycles. The highest BCUT2D eigenvalue weighted by molar-refractivity contribution is 6.30. The highest BCUT2D eigenvalue weighted by Crippen LogP contribution is 2.19. The fraction of sp³-hybridized carbons (Fsp3) is 0.200. The summed E-state index contributed by atoms with van der Waals surface area (Å²) in [7, 11) is 0. The molecule has 118 valence electrons. The Kier molecular flexibility index (Phi) is 4.77. The standard InChI is InChI=1S/C15H12ClFN4O2/c1-8-9(2)20-21(15(23)11(8)6-18)7-14(22)19-13-5-10(16)3-4-12(13)17/h3-5H,7H2,1-2H3,(H,19,22). The Bertz CT molecular complexity index is 886. The minimum atomic E-state index is -0.669. The van der Waals surface area contributed by atoms with Crippen LogP contribution in [0.15, 0.2) is 23.0 Å². The van der Waals surface area contributed by atoms with E-state index in [-0.39, 0.29) is 16.3 Å². The second kappa shape index (κ2) is 6.58. The van der Waals surface area contributed by atoms with Gasteiger partial charge < -0.3 is 5.32 Å². The Morgan fingerprint density at radius 3 is 2.83 bits per heavy atom. The summed E-state index contributed by atoms with van der Waals surface area (Å²) in [5.74, 6) is -1.31. The average molecular weight is 335 g/mol. The molecule has 0 fully saturated rings. The molecule has 0 saturated carbocycles. The summed E-state index contributed by atoms with van der Waals surface area (Å²) in [4.78, 5) is 24.1. The summed E-state index contributed by atoms with van der Waals surface area (Å²) in [6.07, 6.45) is 0. The van der Waals surface area contributed by atoms with E-state index in [1.165, 1.54) is 12.1 Å². The van der Waals surface area contributed by atoms with Crippen LogP contribution >= 0.6 is 11.6 Å². The van der Waals surface area contributed by atoms with Crippen LogP contribution in [-0.2, 0) is 11.3 Å². The van der Waals surface area contributed by atoms with Gasteiger partial charge in [0, 0.05) is 5.02 Å². The highest BCUT2D eigenvalue weighted by atomic mass is 35.5. The number of nitrogens with one attached hydrogen (secondary N) is 1. The molecule has 2 aromatic rings. The highest BCUT2D eigenvalue weighted by Gasteiger charge is 2.15. The summed E-state index contributed by atoms with van der Waals surface area (Å²) in [6.45, 7) is 2.79. The Morgan fingerprint density at radius 1 is 1.48 bits per heavy atom. The number of aryl methyl sites for hydroxylation is 1. The number of hydrogen-bond acceptors (Lipinski definition) is 4. The smallest absolute Gasteiger partial charge is 0.285 e. The second-order valence-electron chi connectivity index (χ2n) is 4.83. The monoisotopic (exact) mass is 334 g/mol. The number of benzene rings is 1. The molecule has 0 radical (unpaired) electrons. The van der Waals surface area contributed by atoms with Crippen molar-refractivity contribution in [3.05, 3.63) is 56.2 Å². The molecule has 0 atom stereocenters. The van der Waals surface area contributed by atoms with E-state index in [1.54, 1.807) is 19.9 Å². The topological polar surface area (TPSA) is 87.8 Å². The van der Waals surface area contributed by atoms with E-state index in [0.717, 1.165) is 10.7 Å². The van der Waals surface area contributed by atoms with Gasteiger partial charge in [0.2, 0.25) is 5.91 Å². The Morgan fingerprint density at radius 2 is 2.17 bits per heavy atom. The zero-order valence-electron chi connectivity index (χ0n) is 12.4. The van der Waals surface area contributed by atoms with Gasteiger partial charge in [-0.15, -0.1) is 0 Å². The van der Waals surface area contributed by atoms with Gasteiger partial charge in [0.05, 0.1) is 11.4 Å². The Labute approximate surface area is 136 Å². The van der Waals surface area contributed by atoms with E-state index in [0.29, 0.717) is 11.3 Å². The van der Waals surface area contributed by atoms with Crippen molar-refractivity contribution < 1.29 is 9.18 Å². The summed E-state index contributed by atoms with van der Waals surface area (Å²) >= 11 is 5.74. The SMILES string of the molecule is Cc1nn(CC(=O)Nc2cc(Cl)ccc2F)c(=O)c(C#N)c1C. The summed E-state index contributed by atoms with van der Waals surface area (Å²) in [5.41, 5.74) is 0.0920. The molecule has 1 heterocycles. The van der Waals surface area contributed by atoms with Crippen LogP contribution < -0.4 is 10.9 Å². The average Bonchev–Trinajstić information content (AvgIpc) is 2.49. The predicted octanol–water partition coefficient (Wildman–Crippen LogP) is 2.16. The van der Waals surface area contributed by atoms with Gasteiger partial charge in [0.15, 0.2) is 0 Å². The molecule has 8 heteroatoms. The van der Waals surface area contributed by atoms with Gasteiger partial charge in [-0.05, 0) is 37.6 Å². The zero-order valence-corrected chi connectivity index (χ0v) is 13.1. The number of halogens is 2. The number of aromatic nitrogens is 2. The van der Waals surface area contributed by atoms with E-state index in [2.05, 4.69) is 10.4 Å². The summed E-state index contributed by atoms with van der Waals surface area (Å²) < 4.78 is 14.5. The summed E-state index contributed by atoms with van der Waals surface area (Å²) in [6, 6.07) is 5.52. The first-order chi connectivity index (χ1) is 10.8. The van der Waals surface area contributed by atoms with Crippen LogP contribution in [0.3, 0.4) is 0 Å². The first-order valence-corrected chi connectivity index (χ1v) is 6.94. The largest absolute Gasteiger partial charge is 0.322 e.